The van der Waals surface area contributed by atoms with E-state index in [1.807, 2.05) is 13.0 Å². The number of esters is 1. The molecule has 2 aliphatic heterocycles. The van der Waals surface area contributed by atoms with E-state index >= 15 is 0 Å². The van der Waals surface area contributed by atoms with Crippen molar-refractivity contribution in [2.45, 2.75) is 45.8 Å². The van der Waals surface area contributed by atoms with E-state index in [1.54, 1.807) is 40.0 Å². The lowest BCUT2D eigenvalue weighted by molar-refractivity contribution is -0.166. The number of fused-ring (bicyclic) bond motifs is 5. The zero-order valence-corrected chi connectivity index (χ0v) is 21.2. The van der Waals surface area contributed by atoms with Crippen LogP contribution in [0.3, 0.4) is 0 Å². The number of carbonyl (C=O) groups is 1. The van der Waals surface area contributed by atoms with Crippen molar-refractivity contribution in [3.63, 3.8) is 0 Å². The molecule has 36 heavy (non-hydrogen) atoms. The molecule has 0 aromatic heterocycles. The van der Waals surface area contributed by atoms with Crippen molar-refractivity contribution in [3.05, 3.63) is 34.9 Å². The summed E-state index contributed by atoms with van der Waals surface area (Å²) in [7, 11) is 3.09. The molecule has 0 saturated carbocycles. The molecule has 0 radical (unpaired) electrons. The molecule has 2 heterocycles. The van der Waals surface area contributed by atoms with E-state index in [-0.39, 0.29) is 19.5 Å². The van der Waals surface area contributed by atoms with Crippen molar-refractivity contribution in [2.75, 3.05) is 27.8 Å². The van der Waals surface area contributed by atoms with Gasteiger partial charge in [0.05, 0.1) is 14.2 Å². The van der Waals surface area contributed by atoms with Crippen LogP contribution in [-0.4, -0.2) is 44.5 Å². The van der Waals surface area contributed by atoms with Crippen LogP contribution in [0.25, 0.3) is 11.1 Å². The zero-order chi connectivity index (χ0) is 25.8. The van der Waals surface area contributed by atoms with Crippen molar-refractivity contribution in [2.24, 2.45) is 5.92 Å². The predicted octanol–water partition coefficient (Wildman–Crippen LogP) is 4.32. The number of allylic oxidation sites excluding steroid dienone is 1. The predicted molar refractivity (Wildman–Crippen MR) is 129 cm³/mol. The highest BCUT2D eigenvalue weighted by Crippen LogP contribution is 2.59. The number of hydrogen-bond donors (Lipinski definition) is 1. The molecule has 0 spiro atoms. The molecular weight excluding hydrogens is 468 g/mol. The third kappa shape index (κ3) is 3.52. The van der Waals surface area contributed by atoms with Crippen LogP contribution in [0.5, 0.6) is 34.5 Å². The maximum absolute atomic E-state index is 13.0. The van der Waals surface area contributed by atoms with Crippen LogP contribution in [0.1, 0.15) is 44.9 Å². The molecule has 2 aromatic carbocycles. The largest absolute Gasteiger partial charge is 0.492 e. The van der Waals surface area contributed by atoms with Crippen LogP contribution >= 0.6 is 0 Å². The SMILES string of the molecule is C/C=C(/C)C(=O)OC1c2cc3c(c(OC)c2-c2c(cc4c(c2OC)OCO4)C[C@H](C)[C@]1(C)O)OCO3. The van der Waals surface area contributed by atoms with Gasteiger partial charge in [-0.2, -0.15) is 0 Å². The van der Waals surface area contributed by atoms with Gasteiger partial charge in [-0.1, -0.05) is 13.0 Å². The summed E-state index contributed by atoms with van der Waals surface area (Å²) in [4.78, 5) is 13.0. The third-order valence-corrected chi connectivity index (χ3v) is 7.33. The Bertz CT molecular complexity index is 1260. The summed E-state index contributed by atoms with van der Waals surface area (Å²) in [5.41, 5.74) is 1.59. The van der Waals surface area contributed by atoms with Gasteiger partial charge in [-0.15, -0.1) is 0 Å². The number of methoxy groups -OCH3 is 2. The number of aliphatic hydroxyl groups is 1. The van der Waals surface area contributed by atoms with E-state index in [1.165, 1.54) is 7.11 Å². The molecule has 3 aliphatic rings. The van der Waals surface area contributed by atoms with Gasteiger partial charge in [0, 0.05) is 22.3 Å². The summed E-state index contributed by atoms with van der Waals surface area (Å²) in [5, 5.41) is 11.9. The van der Waals surface area contributed by atoms with Crippen LogP contribution in [0.15, 0.2) is 23.8 Å². The number of carbonyl (C=O) groups excluding carboxylic acids is 1. The molecule has 2 aromatic rings. The number of hydrogen-bond acceptors (Lipinski definition) is 9. The van der Waals surface area contributed by atoms with Gasteiger partial charge in [0.25, 0.3) is 0 Å². The fourth-order valence-electron chi connectivity index (χ4n) is 4.99. The normalized spacial score (nSPS) is 23.8. The smallest absolute Gasteiger partial charge is 0.334 e. The lowest BCUT2D eigenvalue weighted by Crippen LogP contribution is -2.44. The van der Waals surface area contributed by atoms with Crippen molar-refractivity contribution in [1.82, 2.24) is 0 Å². The number of ether oxygens (including phenoxy) is 7. The second-order valence-corrected chi connectivity index (χ2v) is 9.37. The first kappa shape index (κ1) is 24.1. The molecule has 0 bridgehead atoms. The van der Waals surface area contributed by atoms with Crippen LogP contribution in [0, 0.1) is 5.92 Å². The molecule has 9 heteroatoms. The standard InChI is InChI=1S/C27H30O9/c1-7-13(2)26(28)36-25-16-10-18-22(35-12-33-18)24(31-6)20(16)19-15(8-14(3)27(25,4)29)9-17-21(23(19)30-5)34-11-32-17/h7,9-10,14,25,29H,8,11-12H2,1-6H3/b13-7-/t14-,25?,27-/m0/s1. The fourth-order valence-corrected chi connectivity index (χ4v) is 4.99. The van der Waals surface area contributed by atoms with Crippen LogP contribution in [0.2, 0.25) is 0 Å². The Hall–Kier alpha value is -3.59. The van der Waals surface area contributed by atoms with E-state index < -0.39 is 17.7 Å². The van der Waals surface area contributed by atoms with Gasteiger partial charge >= 0.3 is 5.97 Å². The van der Waals surface area contributed by atoms with Gasteiger partial charge in [-0.3, -0.25) is 0 Å². The minimum Gasteiger partial charge on any atom is -0.492 e. The van der Waals surface area contributed by atoms with Gasteiger partial charge in [0.1, 0.15) is 5.60 Å². The molecule has 1 unspecified atom stereocenters. The molecule has 5 rings (SSSR count). The molecule has 9 nitrogen and oxygen atoms in total. The molecule has 0 saturated heterocycles. The molecule has 1 aliphatic carbocycles. The third-order valence-electron chi connectivity index (χ3n) is 7.33. The van der Waals surface area contributed by atoms with Crippen molar-refractivity contribution >= 4 is 5.97 Å². The zero-order valence-electron chi connectivity index (χ0n) is 21.2. The van der Waals surface area contributed by atoms with Gasteiger partial charge in [0.2, 0.25) is 25.1 Å². The van der Waals surface area contributed by atoms with E-state index in [2.05, 4.69) is 0 Å². The molecular formula is C27H30O9. The molecule has 192 valence electrons. The molecule has 3 atom stereocenters. The van der Waals surface area contributed by atoms with E-state index in [9.17, 15) is 9.90 Å². The minimum absolute atomic E-state index is 0.00858. The quantitative estimate of drug-likeness (QED) is 0.488. The van der Waals surface area contributed by atoms with Gasteiger partial charge in [-0.25, -0.2) is 4.79 Å². The summed E-state index contributed by atoms with van der Waals surface area (Å²) < 4.78 is 40.7. The van der Waals surface area contributed by atoms with Crippen LogP contribution in [-0.2, 0) is 16.0 Å². The average Bonchev–Trinajstić information content (AvgIpc) is 3.53. The topological polar surface area (TPSA) is 102 Å². The molecule has 1 N–H and O–H groups in total. The first-order chi connectivity index (χ1) is 17.2. The lowest BCUT2D eigenvalue weighted by Gasteiger charge is -2.41. The molecule has 0 amide bonds. The second kappa shape index (κ2) is 8.81. The maximum Gasteiger partial charge on any atom is 0.334 e. The lowest BCUT2D eigenvalue weighted by atomic mass is 9.73. The van der Waals surface area contributed by atoms with Gasteiger partial charge in [-0.05, 0) is 50.8 Å². The van der Waals surface area contributed by atoms with Crippen LogP contribution < -0.4 is 28.4 Å². The van der Waals surface area contributed by atoms with Crippen molar-refractivity contribution in [1.29, 1.82) is 0 Å². The Balaban J connectivity index is 1.88. The highest BCUT2D eigenvalue weighted by molar-refractivity contribution is 5.91. The summed E-state index contributed by atoms with van der Waals surface area (Å²) in [5.74, 6) is 1.86. The van der Waals surface area contributed by atoms with Crippen LogP contribution in [0.4, 0.5) is 0 Å². The van der Waals surface area contributed by atoms with Crippen molar-refractivity contribution < 1.29 is 43.1 Å². The Morgan fingerprint density at radius 3 is 2.19 bits per heavy atom. The second-order valence-electron chi connectivity index (χ2n) is 9.37. The first-order valence-corrected chi connectivity index (χ1v) is 11.8. The van der Waals surface area contributed by atoms with E-state index in [4.69, 9.17) is 33.2 Å². The first-order valence-electron chi connectivity index (χ1n) is 11.8. The summed E-state index contributed by atoms with van der Waals surface area (Å²) >= 11 is 0. The maximum atomic E-state index is 13.0. The average molecular weight is 499 g/mol. The Morgan fingerprint density at radius 2 is 1.61 bits per heavy atom. The highest BCUT2D eigenvalue weighted by atomic mass is 16.7. The van der Waals surface area contributed by atoms with Gasteiger partial charge < -0.3 is 38.3 Å². The minimum atomic E-state index is -1.46. The number of benzene rings is 2. The summed E-state index contributed by atoms with van der Waals surface area (Å²) in [6, 6.07) is 3.64. The van der Waals surface area contributed by atoms with Crippen molar-refractivity contribution in [3.8, 4) is 45.6 Å². The summed E-state index contributed by atoms with van der Waals surface area (Å²) in [6.45, 7) is 7.10. The molecule has 0 fully saturated rings. The Kier molecular flexibility index (Phi) is 5.90. The monoisotopic (exact) mass is 498 g/mol. The van der Waals surface area contributed by atoms with E-state index in [0.717, 1.165) is 5.56 Å². The van der Waals surface area contributed by atoms with Gasteiger partial charge in [0.15, 0.2) is 29.1 Å². The fraction of sp³-hybridized carbons (Fsp3) is 0.444. The van der Waals surface area contributed by atoms with E-state index in [0.29, 0.717) is 63.2 Å². The summed E-state index contributed by atoms with van der Waals surface area (Å²) in [6.07, 6.45) is 1.04. The Morgan fingerprint density at radius 1 is 1.03 bits per heavy atom. The number of rotatable bonds is 4. The highest BCUT2D eigenvalue weighted by Gasteiger charge is 2.47. The Labute approximate surface area is 209 Å².